The molecule has 0 aliphatic carbocycles. The van der Waals surface area contributed by atoms with Crippen molar-refractivity contribution in [3.8, 4) is 0 Å². The summed E-state index contributed by atoms with van der Waals surface area (Å²) in [6, 6.07) is 9.01. The fourth-order valence-corrected chi connectivity index (χ4v) is 2.12. The van der Waals surface area contributed by atoms with E-state index in [2.05, 4.69) is 17.4 Å². The summed E-state index contributed by atoms with van der Waals surface area (Å²) in [4.78, 5) is 12.2. The Balaban J connectivity index is 2.09. The van der Waals surface area contributed by atoms with Crippen molar-refractivity contribution in [2.75, 3.05) is 6.61 Å². The molecule has 0 bridgehead atoms. The molecule has 5 heteroatoms. The van der Waals surface area contributed by atoms with Crippen molar-refractivity contribution < 1.29 is 14.4 Å². The van der Waals surface area contributed by atoms with Gasteiger partial charge in [-0.2, -0.15) is 0 Å². The molecule has 2 rings (SSSR count). The van der Waals surface area contributed by atoms with Gasteiger partial charge in [-0.1, -0.05) is 50.2 Å². The maximum atomic E-state index is 12.2. The zero-order valence-electron chi connectivity index (χ0n) is 13.2. The van der Waals surface area contributed by atoms with Gasteiger partial charge in [-0.15, -0.1) is 0 Å². The van der Waals surface area contributed by atoms with Crippen LogP contribution in [-0.2, 0) is 6.42 Å². The number of carbonyl (C=O) groups is 1. The third-order valence-electron chi connectivity index (χ3n) is 3.61. The van der Waals surface area contributed by atoms with Gasteiger partial charge in [-0.25, -0.2) is 0 Å². The molecule has 2 aromatic rings. The Morgan fingerprint density at radius 2 is 2.00 bits per heavy atom. The van der Waals surface area contributed by atoms with Crippen LogP contribution >= 0.6 is 0 Å². The molecule has 0 spiro atoms. The van der Waals surface area contributed by atoms with Crippen molar-refractivity contribution in [3.63, 3.8) is 0 Å². The number of hydrogen-bond donors (Lipinski definition) is 2. The summed E-state index contributed by atoms with van der Waals surface area (Å²) in [6.45, 7) is 5.84. The smallest absolute Gasteiger partial charge is 0.274 e. The third-order valence-corrected chi connectivity index (χ3v) is 3.61. The number of nitrogens with zero attached hydrogens (tertiary/aromatic N) is 1. The van der Waals surface area contributed by atoms with Crippen LogP contribution in [0.4, 0.5) is 0 Å². The number of rotatable bonds is 6. The monoisotopic (exact) mass is 302 g/mol. The van der Waals surface area contributed by atoms with E-state index in [-0.39, 0.29) is 24.1 Å². The highest BCUT2D eigenvalue weighted by Crippen LogP contribution is 2.17. The molecule has 0 radical (unpaired) electrons. The predicted octanol–water partition coefficient (Wildman–Crippen LogP) is 2.82. The highest BCUT2D eigenvalue weighted by Gasteiger charge is 2.19. The van der Waals surface area contributed by atoms with Gasteiger partial charge in [0.25, 0.3) is 5.91 Å². The number of hydrogen-bond acceptors (Lipinski definition) is 4. The first-order chi connectivity index (χ1) is 10.5. The lowest BCUT2D eigenvalue weighted by Gasteiger charge is -2.16. The number of aliphatic hydroxyl groups excluding tert-OH is 1. The molecule has 22 heavy (non-hydrogen) atoms. The molecule has 5 nitrogen and oxygen atoms in total. The second-order valence-electron chi connectivity index (χ2n) is 5.57. The van der Waals surface area contributed by atoms with Crippen molar-refractivity contribution in [1.82, 2.24) is 10.5 Å². The Morgan fingerprint density at radius 3 is 2.50 bits per heavy atom. The zero-order chi connectivity index (χ0) is 16.1. The average molecular weight is 302 g/mol. The first kappa shape index (κ1) is 16.2. The van der Waals surface area contributed by atoms with Gasteiger partial charge < -0.3 is 14.9 Å². The quantitative estimate of drug-likeness (QED) is 0.860. The summed E-state index contributed by atoms with van der Waals surface area (Å²) in [5.41, 5.74) is 2.30. The summed E-state index contributed by atoms with van der Waals surface area (Å²) in [5, 5.41) is 16.1. The largest absolute Gasteiger partial charge is 0.394 e. The van der Waals surface area contributed by atoms with Gasteiger partial charge in [0.05, 0.1) is 12.6 Å². The van der Waals surface area contributed by atoms with Gasteiger partial charge >= 0.3 is 0 Å². The third kappa shape index (κ3) is 3.74. The number of aromatic nitrogens is 1. The molecule has 1 aromatic carbocycles. The number of amides is 1. The van der Waals surface area contributed by atoms with E-state index in [1.165, 1.54) is 5.56 Å². The van der Waals surface area contributed by atoms with Gasteiger partial charge in [0.1, 0.15) is 5.76 Å². The van der Waals surface area contributed by atoms with Crippen molar-refractivity contribution in [2.24, 2.45) is 0 Å². The summed E-state index contributed by atoms with van der Waals surface area (Å²) < 4.78 is 5.13. The van der Waals surface area contributed by atoms with Crippen LogP contribution in [0.5, 0.6) is 0 Å². The molecule has 118 valence electrons. The second-order valence-corrected chi connectivity index (χ2v) is 5.57. The molecule has 0 aliphatic heterocycles. The van der Waals surface area contributed by atoms with Gasteiger partial charge in [0, 0.05) is 12.0 Å². The lowest BCUT2D eigenvalue weighted by molar-refractivity contribution is 0.0907. The minimum Gasteiger partial charge on any atom is -0.394 e. The van der Waals surface area contributed by atoms with Crippen LogP contribution in [0.15, 0.2) is 34.9 Å². The number of nitrogens with one attached hydrogen (secondary N) is 1. The van der Waals surface area contributed by atoms with E-state index in [0.29, 0.717) is 5.76 Å². The molecule has 1 heterocycles. The van der Waals surface area contributed by atoms with Crippen LogP contribution in [0.3, 0.4) is 0 Å². The lowest BCUT2D eigenvalue weighted by Crippen LogP contribution is -2.31. The highest BCUT2D eigenvalue weighted by molar-refractivity contribution is 5.92. The molecule has 0 saturated heterocycles. The van der Waals surface area contributed by atoms with E-state index < -0.39 is 6.04 Å². The molecule has 1 unspecified atom stereocenters. The summed E-state index contributed by atoms with van der Waals surface area (Å²) in [6.07, 6.45) is 0.952. The first-order valence-corrected chi connectivity index (χ1v) is 7.52. The summed E-state index contributed by atoms with van der Waals surface area (Å²) in [5.74, 6) is 0.483. The molecule has 2 N–H and O–H groups in total. The Hall–Kier alpha value is -2.14. The second kappa shape index (κ2) is 7.22. The first-order valence-electron chi connectivity index (χ1n) is 7.52. The van der Waals surface area contributed by atoms with Crippen LogP contribution in [-0.4, -0.2) is 22.8 Å². The Bertz CT molecular complexity index is 617. The van der Waals surface area contributed by atoms with Crippen molar-refractivity contribution in [3.05, 3.63) is 52.9 Å². The SMILES string of the molecule is CCc1ccc(C(CO)NC(=O)c2cc(C(C)C)on2)cc1. The molecular weight excluding hydrogens is 280 g/mol. The lowest BCUT2D eigenvalue weighted by atomic mass is 10.0. The fraction of sp³-hybridized carbons (Fsp3) is 0.412. The standard InChI is InChI=1S/C17H22N2O3/c1-4-12-5-7-13(8-6-12)15(10-20)18-17(21)14-9-16(11(2)3)22-19-14/h5-9,11,15,20H,4,10H2,1-3H3,(H,18,21). The van der Waals surface area contributed by atoms with E-state index in [1.807, 2.05) is 38.1 Å². The normalized spacial score (nSPS) is 12.4. The Kier molecular flexibility index (Phi) is 5.33. The number of benzene rings is 1. The van der Waals surface area contributed by atoms with Crippen LogP contribution in [0, 0.1) is 0 Å². The molecule has 1 aromatic heterocycles. The van der Waals surface area contributed by atoms with E-state index in [0.717, 1.165) is 12.0 Å². The van der Waals surface area contributed by atoms with Gasteiger partial charge in [-0.05, 0) is 17.5 Å². The van der Waals surface area contributed by atoms with Gasteiger partial charge in [-0.3, -0.25) is 4.79 Å². The molecular formula is C17H22N2O3. The van der Waals surface area contributed by atoms with Crippen molar-refractivity contribution in [1.29, 1.82) is 0 Å². The van der Waals surface area contributed by atoms with Crippen LogP contribution in [0.2, 0.25) is 0 Å². The summed E-state index contributed by atoms with van der Waals surface area (Å²) in [7, 11) is 0. The highest BCUT2D eigenvalue weighted by atomic mass is 16.5. The number of aryl methyl sites for hydroxylation is 1. The molecule has 0 fully saturated rings. The predicted molar refractivity (Wildman–Crippen MR) is 83.7 cm³/mol. The molecule has 0 aliphatic rings. The minimum absolute atomic E-state index is 0.171. The summed E-state index contributed by atoms with van der Waals surface area (Å²) >= 11 is 0. The van der Waals surface area contributed by atoms with Gasteiger partial charge in [0.15, 0.2) is 5.69 Å². The minimum atomic E-state index is -0.461. The van der Waals surface area contributed by atoms with Crippen LogP contribution < -0.4 is 5.32 Å². The van der Waals surface area contributed by atoms with E-state index in [9.17, 15) is 9.90 Å². The Morgan fingerprint density at radius 1 is 1.32 bits per heavy atom. The van der Waals surface area contributed by atoms with Crippen LogP contribution in [0.25, 0.3) is 0 Å². The van der Waals surface area contributed by atoms with E-state index in [4.69, 9.17) is 4.52 Å². The number of aliphatic hydroxyl groups is 1. The fourth-order valence-electron chi connectivity index (χ4n) is 2.12. The molecule has 1 atom stereocenters. The molecule has 1 amide bonds. The average Bonchev–Trinajstić information content (AvgIpc) is 3.03. The topological polar surface area (TPSA) is 75.4 Å². The maximum absolute atomic E-state index is 12.2. The van der Waals surface area contributed by atoms with E-state index in [1.54, 1.807) is 6.07 Å². The van der Waals surface area contributed by atoms with Crippen molar-refractivity contribution in [2.45, 2.75) is 39.2 Å². The number of carbonyl (C=O) groups excluding carboxylic acids is 1. The van der Waals surface area contributed by atoms with Crippen molar-refractivity contribution >= 4 is 5.91 Å². The van der Waals surface area contributed by atoms with Gasteiger partial charge in [0.2, 0.25) is 0 Å². The van der Waals surface area contributed by atoms with Crippen LogP contribution in [0.1, 0.15) is 60.1 Å². The molecule has 0 saturated carbocycles. The zero-order valence-corrected chi connectivity index (χ0v) is 13.2. The Labute approximate surface area is 130 Å². The van der Waals surface area contributed by atoms with E-state index >= 15 is 0 Å². The maximum Gasteiger partial charge on any atom is 0.274 e.